The van der Waals surface area contributed by atoms with Gasteiger partial charge in [-0.05, 0) is 31.0 Å². The van der Waals surface area contributed by atoms with Crippen LogP contribution in [0.1, 0.15) is 42.5 Å². The van der Waals surface area contributed by atoms with Crippen LogP contribution in [0.15, 0.2) is 18.2 Å². The SMILES string of the molecule is Nc1ccc(C(=O)NCC2(O)CCCCC2)cc1Cl. The van der Waals surface area contributed by atoms with Gasteiger partial charge in [0.2, 0.25) is 0 Å². The van der Waals surface area contributed by atoms with Crippen molar-refractivity contribution in [1.29, 1.82) is 0 Å². The van der Waals surface area contributed by atoms with Crippen LogP contribution in [-0.4, -0.2) is 23.2 Å². The van der Waals surface area contributed by atoms with Crippen molar-refractivity contribution in [3.8, 4) is 0 Å². The summed E-state index contributed by atoms with van der Waals surface area (Å²) in [6.07, 6.45) is 4.68. The molecule has 1 aliphatic carbocycles. The van der Waals surface area contributed by atoms with Gasteiger partial charge in [0, 0.05) is 12.1 Å². The zero-order chi connectivity index (χ0) is 13.9. The summed E-state index contributed by atoms with van der Waals surface area (Å²) in [6.45, 7) is 0.286. The van der Waals surface area contributed by atoms with Gasteiger partial charge in [-0.3, -0.25) is 4.79 Å². The molecule has 1 amide bonds. The molecule has 1 saturated carbocycles. The minimum atomic E-state index is -0.758. The van der Waals surface area contributed by atoms with E-state index in [0.29, 0.717) is 16.3 Å². The summed E-state index contributed by atoms with van der Waals surface area (Å²) >= 11 is 5.88. The average molecular weight is 283 g/mol. The number of nitrogens with one attached hydrogen (secondary N) is 1. The third kappa shape index (κ3) is 3.61. The van der Waals surface area contributed by atoms with Crippen molar-refractivity contribution in [2.24, 2.45) is 0 Å². The second kappa shape index (κ2) is 5.80. The van der Waals surface area contributed by atoms with Crippen molar-refractivity contribution in [2.75, 3.05) is 12.3 Å². The van der Waals surface area contributed by atoms with E-state index in [9.17, 15) is 9.90 Å². The second-order valence-electron chi connectivity index (χ2n) is 5.20. The summed E-state index contributed by atoms with van der Waals surface area (Å²) in [5.41, 5.74) is 5.74. The lowest BCUT2D eigenvalue weighted by atomic mass is 9.85. The Hall–Kier alpha value is -1.26. The summed E-state index contributed by atoms with van der Waals surface area (Å²) in [7, 11) is 0. The first kappa shape index (κ1) is 14.2. The number of anilines is 1. The first-order chi connectivity index (χ1) is 9.00. The van der Waals surface area contributed by atoms with Crippen molar-refractivity contribution >= 4 is 23.2 Å². The van der Waals surface area contributed by atoms with Crippen LogP contribution in [0.25, 0.3) is 0 Å². The number of nitrogens with two attached hydrogens (primary N) is 1. The molecule has 2 rings (SSSR count). The molecule has 19 heavy (non-hydrogen) atoms. The zero-order valence-corrected chi connectivity index (χ0v) is 11.5. The van der Waals surface area contributed by atoms with Crippen LogP contribution in [0.3, 0.4) is 0 Å². The van der Waals surface area contributed by atoms with Gasteiger partial charge in [0.15, 0.2) is 0 Å². The van der Waals surface area contributed by atoms with E-state index in [2.05, 4.69) is 5.32 Å². The number of benzene rings is 1. The molecule has 0 heterocycles. The molecule has 0 aliphatic heterocycles. The monoisotopic (exact) mass is 282 g/mol. The summed E-state index contributed by atoms with van der Waals surface area (Å²) in [6, 6.07) is 4.77. The molecule has 4 nitrogen and oxygen atoms in total. The summed E-state index contributed by atoms with van der Waals surface area (Å²) < 4.78 is 0. The third-order valence-electron chi connectivity index (χ3n) is 3.62. The minimum Gasteiger partial charge on any atom is -0.398 e. The van der Waals surface area contributed by atoms with E-state index in [4.69, 9.17) is 17.3 Å². The van der Waals surface area contributed by atoms with Gasteiger partial charge in [-0.25, -0.2) is 0 Å². The van der Waals surface area contributed by atoms with Crippen LogP contribution >= 0.6 is 11.6 Å². The molecule has 0 aromatic heterocycles. The largest absolute Gasteiger partial charge is 0.398 e. The van der Waals surface area contributed by atoms with E-state index in [1.807, 2.05) is 0 Å². The maximum atomic E-state index is 12.0. The highest BCUT2D eigenvalue weighted by Crippen LogP contribution is 2.27. The lowest BCUT2D eigenvalue weighted by Gasteiger charge is -2.32. The number of nitrogen functional groups attached to an aromatic ring is 1. The van der Waals surface area contributed by atoms with E-state index in [0.717, 1.165) is 32.1 Å². The lowest BCUT2D eigenvalue weighted by Crippen LogP contribution is -2.44. The second-order valence-corrected chi connectivity index (χ2v) is 5.61. The Morgan fingerprint density at radius 3 is 2.68 bits per heavy atom. The molecule has 1 aromatic rings. The minimum absolute atomic E-state index is 0.235. The van der Waals surface area contributed by atoms with Crippen molar-refractivity contribution in [3.63, 3.8) is 0 Å². The van der Waals surface area contributed by atoms with Crippen molar-refractivity contribution in [3.05, 3.63) is 28.8 Å². The van der Waals surface area contributed by atoms with Gasteiger partial charge in [-0.15, -0.1) is 0 Å². The zero-order valence-electron chi connectivity index (χ0n) is 10.8. The molecule has 104 valence electrons. The van der Waals surface area contributed by atoms with Crippen LogP contribution in [0.4, 0.5) is 5.69 Å². The van der Waals surface area contributed by atoms with Gasteiger partial charge >= 0.3 is 0 Å². The van der Waals surface area contributed by atoms with Crippen molar-refractivity contribution < 1.29 is 9.90 Å². The maximum absolute atomic E-state index is 12.0. The fourth-order valence-corrected chi connectivity index (χ4v) is 2.58. The van der Waals surface area contributed by atoms with Gasteiger partial charge in [0.1, 0.15) is 0 Å². The van der Waals surface area contributed by atoms with Crippen LogP contribution < -0.4 is 11.1 Å². The van der Waals surface area contributed by atoms with Crippen molar-refractivity contribution in [2.45, 2.75) is 37.7 Å². The molecule has 0 atom stereocenters. The molecule has 0 saturated heterocycles. The molecular formula is C14H19ClN2O2. The van der Waals surface area contributed by atoms with Crippen LogP contribution in [-0.2, 0) is 0 Å². The quantitative estimate of drug-likeness (QED) is 0.745. The highest BCUT2D eigenvalue weighted by atomic mass is 35.5. The van der Waals surface area contributed by atoms with E-state index in [1.54, 1.807) is 12.1 Å². The smallest absolute Gasteiger partial charge is 0.251 e. The number of aliphatic hydroxyl groups is 1. The topological polar surface area (TPSA) is 75.4 Å². The Morgan fingerprint density at radius 2 is 2.05 bits per heavy atom. The number of rotatable bonds is 3. The van der Waals surface area contributed by atoms with Gasteiger partial charge in [-0.2, -0.15) is 0 Å². The Balaban J connectivity index is 1.95. The number of carbonyl (C=O) groups is 1. The Bertz CT molecular complexity index is 471. The van der Waals surface area contributed by atoms with E-state index < -0.39 is 5.60 Å². The molecule has 5 heteroatoms. The molecule has 1 fully saturated rings. The summed E-state index contributed by atoms with van der Waals surface area (Å²) in [5, 5.41) is 13.4. The molecule has 1 aliphatic rings. The van der Waals surface area contributed by atoms with Gasteiger partial charge in [0.25, 0.3) is 5.91 Å². The molecule has 0 unspecified atom stereocenters. The first-order valence-electron chi connectivity index (χ1n) is 6.56. The van der Waals surface area contributed by atoms with E-state index in [1.165, 1.54) is 6.07 Å². The number of halogens is 1. The Labute approximate surface area is 117 Å². The van der Waals surface area contributed by atoms with Crippen LogP contribution in [0, 0.1) is 0 Å². The van der Waals surface area contributed by atoms with Gasteiger partial charge in [0.05, 0.1) is 16.3 Å². The lowest BCUT2D eigenvalue weighted by molar-refractivity contribution is 0.00526. The van der Waals surface area contributed by atoms with Gasteiger partial charge < -0.3 is 16.2 Å². The van der Waals surface area contributed by atoms with Gasteiger partial charge in [-0.1, -0.05) is 30.9 Å². The van der Waals surface area contributed by atoms with E-state index >= 15 is 0 Å². The molecule has 0 bridgehead atoms. The van der Waals surface area contributed by atoms with Crippen LogP contribution in [0.2, 0.25) is 5.02 Å². The summed E-state index contributed by atoms with van der Waals surface area (Å²) in [5.74, 6) is -0.235. The predicted molar refractivity (Wildman–Crippen MR) is 76.2 cm³/mol. The molecule has 4 N–H and O–H groups in total. The van der Waals surface area contributed by atoms with Crippen molar-refractivity contribution in [1.82, 2.24) is 5.32 Å². The van der Waals surface area contributed by atoms with E-state index in [-0.39, 0.29) is 12.5 Å². The number of carbonyl (C=O) groups excluding carboxylic acids is 1. The highest BCUT2D eigenvalue weighted by molar-refractivity contribution is 6.33. The molecule has 0 spiro atoms. The predicted octanol–water partition coefficient (Wildman–Crippen LogP) is 2.35. The normalized spacial score (nSPS) is 18.0. The number of hydrogen-bond donors (Lipinski definition) is 3. The fraction of sp³-hybridized carbons (Fsp3) is 0.500. The number of hydrogen-bond acceptors (Lipinski definition) is 3. The fourth-order valence-electron chi connectivity index (χ4n) is 2.40. The average Bonchev–Trinajstić information content (AvgIpc) is 2.40. The molecule has 0 radical (unpaired) electrons. The third-order valence-corrected chi connectivity index (χ3v) is 3.95. The molecular weight excluding hydrogens is 264 g/mol. The maximum Gasteiger partial charge on any atom is 0.251 e. The Kier molecular flexibility index (Phi) is 4.32. The standard InChI is InChI=1S/C14H19ClN2O2/c15-11-8-10(4-5-12(11)16)13(18)17-9-14(19)6-2-1-3-7-14/h4-5,8,19H,1-3,6-7,9,16H2,(H,17,18). The van der Waals surface area contributed by atoms with Crippen LogP contribution in [0.5, 0.6) is 0 Å². The Morgan fingerprint density at radius 1 is 1.37 bits per heavy atom. The highest BCUT2D eigenvalue weighted by Gasteiger charge is 2.29. The number of amides is 1. The summed E-state index contributed by atoms with van der Waals surface area (Å²) in [4.78, 5) is 12.0. The molecule has 1 aromatic carbocycles. The first-order valence-corrected chi connectivity index (χ1v) is 6.94.